The van der Waals surface area contributed by atoms with Crippen LogP contribution in [-0.2, 0) is 0 Å². The lowest BCUT2D eigenvalue weighted by Crippen LogP contribution is -2.06. The number of rotatable bonds is 3. The number of halogens is 3. The summed E-state index contributed by atoms with van der Waals surface area (Å²) in [7, 11) is 1.42. The summed E-state index contributed by atoms with van der Waals surface area (Å²) in [6, 6.07) is 8.83. The van der Waals surface area contributed by atoms with Crippen LogP contribution >= 0.6 is 23.2 Å². The molecule has 2 aromatic rings. The second-order valence-corrected chi connectivity index (χ2v) is 4.62. The van der Waals surface area contributed by atoms with Gasteiger partial charge in [-0.2, -0.15) is 0 Å². The zero-order valence-corrected chi connectivity index (χ0v) is 11.4. The third kappa shape index (κ3) is 2.72. The number of ketones is 1. The van der Waals surface area contributed by atoms with E-state index >= 15 is 0 Å². The number of hydrogen-bond acceptors (Lipinski definition) is 2. The Labute approximate surface area is 119 Å². The minimum Gasteiger partial charge on any atom is -0.496 e. The molecular weight excluding hydrogens is 290 g/mol. The highest BCUT2D eigenvalue weighted by molar-refractivity contribution is 6.32. The topological polar surface area (TPSA) is 26.3 Å². The van der Waals surface area contributed by atoms with Crippen LogP contribution in [-0.4, -0.2) is 12.9 Å². The van der Waals surface area contributed by atoms with Gasteiger partial charge in [0.05, 0.1) is 23.3 Å². The molecule has 0 saturated carbocycles. The lowest BCUT2D eigenvalue weighted by atomic mass is 10.0. The molecule has 0 atom stereocenters. The summed E-state index contributed by atoms with van der Waals surface area (Å²) in [5.74, 6) is -0.954. The van der Waals surface area contributed by atoms with E-state index in [1.54, 1.807) is 12.1 Å². The maximum atomic E-state index is 13.8. The first-order valence-electron chi connectivity index (χ1n) is 5.37. The summed E-state index contributed by atoms with van der Waals surface area (Å²) in [6.07, 6.45) is 0. The van der Waals surface area contributed by atoms with Crippen LogP contribution in [0.4, 0.5) is 4.39 Å². The molecule has 0 N–H and O–H groups in total. The van der Waals surface area contributed by atoms with Gasteiger partial charge in [-0.3, -0.25) is 4.79 Å². The summed E-state index contributed by atoms with van der Waals surface area (Å²) in [5, 5.41) is 0.262. The molecule has 5 heteroatoms. The third-order valence-corrected chi connectivity index (χ3v) is 3.13. The molecule has 0 fully saturated rings. The first-order chi connectivity index (χ1) is 9.04. The van der Waals surface area contributed by atoms with Gasteiger partial charge < -0.3 is 4.74 Å². The highest BCUT2D eigenvalue weighted by Crippen LogP contribution is 2.27. The van der Waals surface area contributed by atoms with E-state index in [2.05, 4.69) is 0 Å². The molecule has 98 valence electrons. The van der Waals surface area contributed by atoms with Crippen LogP contribution in [0.5, 0.6) is 5.75 Å². The summed E-state index contributed by atoms with van der Waals surface area (Å²) in [5.41, 5.74) is 0.0734. The van der Waals surface area contributed by atoms with E-state index in [1.165, 1.54) is 31.4 Å². The molecule has 19 heavy (non-hydrogen) atoms. The molecule has 0 amide bonds. The number of ether oxygens (including phenoxy) is 1. The fourth-order valence-corrected chi connectivity index (χ4v) is 2.03. The standard InChI is InChI=1S/C14H9Cl2FO2/c1-19-12-6-5-8(15)7-10(12)14(18)9-3-2-4-11(16)13(9)17/h2-7H,1H3. The molecule has 0 heterocycles. The summed E-state index contributed by atoms with van der Waals surface area (Å²) in [6.45, 7) is 0. The molecule has 0 aliphatic rings. The highest BCUT2D eigenvalue weighted by Gasteiger charge is 2.19. The van der Waals surface area contributed by atoms with Crippen LogP contribution in [0.2, 0.25) is 10.0 Å². The van der Waals surface area contributed by atoms with Crippen LogP contribution in [0.15, 0.2) is 36.4 Å². The number of carbonyl (C=O) groups is 1. The van der Waals surface area contributed by atoms with Gasteiger partial charge in [0, 0.05) is 5.02 Å². The highest BCUT2D eigenvalue weighted by atomic mass is 35.5. The second-order valence-electron chi connectivity index (χ2n) is 3.78. The van der Waals surface area contributed by atoms with Crippen molar-refractivity contribution in [2.24, 2.45) is 0 Å². The minimum absolute atomic E-state index is 0.105. The van der Waals surface area contributed by atoms with Crippen molar-refractivity contribution in [3.63, 3.8) is 0 Å². The van der Waals surface area contributed by atoms with Crippen molar-refractivity contribution in [1.82, 2.24) is 0 Å². The molecule has 0 aromatic heterocycles. The molecule has 2 nitrogen and oxygen atoms in total. The molecule has 0 unspecified atom stereocenters. The van der Waals surface area contributed by atoms with Gasteiger partial charge in [-0.25, -0.2) is 4.39 Å². The average molecular weight is 299 g/mol. The van der Waals surface area contributed by atoms with Crippen LogP contribution in [0.25, 0.3) is 0 Å². The quantitative estimate of drug-likeness (QED) is 0.787. The van der Waals surface area contributed by atoms with Crippen LogP contribution in [0.1, 0.15) is 15.9 Å². The lowest BCUT2D eigenvalue weighted by molar-refractivity contribution is 0.103. The average Bonchev–Trinajstić information content (AvgIpc) is 2.41. The van der Waals surface area contributed by atoms with Gasteiger partial charge in [0.15, 0.2) is 11.6 Å². The fourth-order valence-electron chi connectivity index (χ4n) is 1.68. The monoisotopic (exact) mass is 298 g/mol. The van der Waals surface area contributed by atoms with Crippen molar-refractivity contribution in [2.75, 3.05) is 7.11 Å². The van der Waals surface area contributed by atoms with Gasteiger partial charge in [0.25, 0.3) is 0 Å². The van der Waals surface area contributed by atoms with Crippen molar-refractivity contribution in [2.45, 2.75) is 0 Å². The summed E-state index contributed by atoms with van der Waals surface area (Å²) < 4.78 is 18.9. The largest absolute Gasteiger partial charge is 0.496 e. The normalized spacial score (nSPS) is 10.3. The van der Waals surface area contributed by atoms with Gasteiger partial charge in [-0.1, -0.05) is 29.3 Å². The number of benzene rings is 2. The first kappa shape index (κ1) is 13.8. The van der Waals surface area contributed by atoms with Gasteiger partial charge >= 0.3 is 0 Å². The van der Waals surface area contributed by atoms with Crippen molar-refractivity contribution in [1.29, 1.82) is 0 Å². The summed E-state index contributed by atoms with van der Waals surface area (Å²) in [4.78, 5) is 12.3. The van der Waals surface area contributed by atoms with Crippen molar-refractivity contribution in [3.05, 3.63) is 63.4 Å². The molecule has 0 spiro atoms. The SMILES string of the molecule is COc1ccc(Cl)cc1C(=O)c1cccc(Cl)c1F. The van der Waals surface area contributed by atoms with Crippen LogP contribution in [0, 0.1) is 5.82 Å². The molecule has 0 saturated heterocycles. The van der Waals surface area contributed by atoms with E-state index < -0.39 is 11.6 Å². The maximum absolute atomic E-state index is 13.8. The Morgan fingerprint density at radius 3 is 2.58 bits per heavy atom. The molecule has 0 aliphatic carbocycles. The number of methoxy groups -OCH3 is 1. The Morgan fingerprint density at radius 2 is 1.89 bits per heavy atom. The number of carbonyl (C=O) groups excluding carboxylic acids is 1. The van der Waals surface area contributed by atoms with E-state index in [1.807, 2.05) is 0 Å². The van der Waals surface area contributed by atoms with Crippen molar-refractivity contribution < 1.29 is 13.9 Å². The zero-order valence-electron chi connectivity index (χ0n) is 9.91. The smallest absolute Gasteiger partial charge is 0.199 e. The number of hydrogen-bond donors (Lipinski definition) is 0. The minimum atomic E-state index is -0.754. The molecular formula is C14H9Cl2FO2. The Balaban J connectivity index is 2.56. The Bertz CT molecular complexity index is 641. The van der Waals surface area contributed by atoms with Gasteiger partial charge in [-0.15, -0.1) is 0 Å². The maximum Gasteiger partial charge on any atom is 0.199 e. The van der Waals surface area contributed by atoms with Crippen molar-refractivity contribution in [3.8, 4) is 5.75 Å². The molecule has 2 aromatic carbocycles. The van der Waals surface area contributed by atoms with E-state index in [4.69, 9.17) is 27.9 Å². The predicted octanol–water partition coefficient (Wildman–Crippen LogP) is 4.37. The van der Waals surface area contributed by atoms with E-state index in [0.717, 1.165) is 0 Å². The van der Waals surface area contributed by atoms with Gasteiger partial charge in [0.2, 0.25) is 0 Å². The Kier molecular flexibility index (Phi) is 4.08. The van der Waals surface area contributed by atoms with E-state index in [-0.39, 0.29) is 16.1 Å². The Morgan fingerprint density at radius 1 is 1.16 bits per heavy atom. The van der Waals surface area contributed by atoms with Gasteiger partial charge in [0.1, 0.15) is 5.75 Å². The second kappa shape index (κ2) is 5.59. The predicted molar refractivity (Wildman–Crippen MR) is 72.8 cm³/mol. The van der Waals surface area contributed by atoms with Crippen LogP contribution < -0.4 is 4.74 Å². The lowest BCUT2D eigenvalue weighted by Gasteiger charge is -2.09. The van der Waals surface area contributed by atoms with Crippen molar-refractivity contribution >= 4 is 29.0 Å². The molecule has 0 radical (unpaired) electrons. The van der Waals surface area contributed by atoms with E-state index in [0.29, 0.717) is 10.8 Å². The first-order valence-corrected chi connectivity index (χ1v) is 6.12. The molecule has 0 bridgehead atoms. The Hall–Kier alpha value is -1.58. The van der Waals surface area contributed by atoms with Crippen LogP contribution in [0.3, 0.4) is 0 Å². The van der Waals surface area contributed by atoms with Gasteiger partial charge in [-0.05, 0) is 30.3 Å². The van der Waals surface area contributed by atoms with E-state index in [9.17, 15) is 9.18 Å². The summed E-state index contributed by atoms with van der Waals surface area (Å²) >= 11 is 11.5. The third-order valence-electron chi connectivity index (χ3n) is 2.60. The fraction of sp³-hybridized carbons (Fsp3) is 0.0714. The molecule has 0 aliphatic heterocycles. The molecule has 2 rings (SSSR count). The zero-order chi connectivity index (χ0) is 14.0.